The van der Waals surface area contributed by atoms with Crippen LogP contribution in [-0.4, -0.2) is 31.3 Å². The molecule has 1 aromatic heterocycles. The van der Waals surface area contributed by atoms with Gasteiger partial charge in [-0.05, 0) is 21.8 Å². The summed E-state index contributed by atoms with van der Waals surface area (Å²) in [6.07, 6.45) is -1.78. The average Bonchev–Trinajstić information content (AvgIpc) is 2.44. The topological polar surface area (TPSA) is 71.2 Å². The Morgan fingerprint density at radius 3 is 2.29 bits per heavy atom. The Hall–Kier alpha value is -0.460. The molecule has 0 aromatic carbocycles. The summed E-state index contributed by atoms with van der Waals surface area (Å²) in [5.74, 6) is -0.0215. The first-order chi connectivity index (χ1) is 6.45. The predicted octanol–water partition coefficient (Wildman–Crippen LogP) is 0.628. The van der Waals surface area contributed by atoms with Gasteiger partial charge in [0.25, 0.3) is 0 Å². The molecule has 0 saturated heterocycles. The van der Waals surface area contributed by atoms with E-state index in [0.717, 1.165) is 0 Å². The van der Waals surface area contributed by atoms with Gasteiger partial charge in [-0.25, -0.2) is 4.68 Å². The van der Waals surface area contributed by atoms with Gasteiger partial charge in [-0.3, -0.25) is 0 Å². The highest BCUT2D eigenvalue weighted by Crippen LogP contribution is 2.25. The summed E-state index contributed by atoms with van der Waals surface area (Å²) < 4.78 is 1.91. The number of aliphatic hydroxyl groups excluding tert-OH is 2. The molecule has 80 valence electrons. The van der Waals surface area contributed by atoms with Crippen molar-refractivity contribution in [2.75, 3.05) is 0 Å². The lowest BCUT2D eigenvalue weighted by molar-refractivity contribution is -0.0139. The van der Waals surface area contributed by atoms with Crippen molar-refractivity contribution in [3.8, 4) is 0 Å². The molecule has 0 aliphatic carbocycles. The van der Waals surface area contributed by atoms with Gasteiger partial charge in [-0.1, -0.05) is 19.1 Å². The zero-order chi connectivity index (χ0) is 10.9. The van der Waals surface area contributed by atoms with Crippen LogP contribution in [-0.2, 0) is 7.05 Å². The second kappa shape index (κ2) is 4.37. The number of nitrogens with zero attached hydrogens (tertiary/aromatic N) is 3. The van der Waals surface area contributed by atoms with Crippen molar-refractivity contribution < 1.29 is 10.2 Å². The quantitative estimate of drug-likeness (QED) is 0.839. The van der Waals surface area contributed by atoms with Gasteiger partial charge in [0.05, 0.1) is 6.10 Å². The smallest absolute Gasteiger partial charge is 0.154 e. The van der Waals surface area contributed by atoms with Gasteiger partial charge in [0.2, 0.25) is 0 Å². The third kappa shape index (κ3) is 2.13. The minimum Gasteiger partial charge on any atom is -0.390 e. The van der Waals surface area contributed by atoms with Crippen LogP contribution in [0.15, 0.2) is 4.60 Å². The van der Waals surface area contributed by atoms with Crippen molar-refractivity contribution in [2.45, 2.75) is 26.1 Å². The van der Waals surface area contributed by atoms with Crippen molar-refractivity contribution in [2.24, 2.45) is 13.0 Å². The summed E-state index contributed by atoms with van der Waals surface area (Å²) in [6.45, 7) is 3.68. The third-order valence-electron chi connectivity index (χ3n) is 2.11. The first-order valence-electron chi connectivity index (χ1n) is 4.36. The first kappa shape index (κ1) is 11.6. The monoisotopic (exact) mass is 263 g/mol. The molecule has 0 amide bonds. The Labute approximate surface area is 90.9 Å². The molecule has 0 aliphatic heterocycles. The lowest BCUT2D eigenvalue weighted by atomic mass is 10.00. The summed E-state index contributed by atoms with van der Waals surface area (Å²) in [4.78, 5) is 0. The van der Waals surface area contributed by atoms with Gasteiger partial charge in [0, 0.05) is 7.05 Å². The van der Waals surface area contributed by atoms with E-state index in [2.05, 4.69) is 26.2 Å². The fraction of sp³-hybridized carbons (Fsp3) is 0.750. The maximum atomic E-state index is 9.83. The maximum absolute atomic E-state index is 9.83. The van der Waals surface area contributed by atoms with Gasteiger partial charge in [-0.2, -0.15) is 0 Å². The SMILES string of the molecule is CC(C)C(O)C(O)c1c(Br)nnn1C. The number of rotatable bonds is 3. The van der Waals surface area contributed by atoms with Crippen LogP contribution in [0.4, 0.5) is 0 Å². The largest absolute Gasteiger partial charge is 0.390 e. The molecule has 14 heavy (non-hydrogen) atoms. The molecule has 0 spiro atoms. The van der Waals surface area contributed by atoms with Crippen molar-refractivity contribution in [3.05, 3.63) is 10.3 Å². The first-order valence-corrected chi connectivity index (χ1v) is 5.15. The van der Waals surface area contributed by atoms with Gasteiger partial charge >= 0.3 is 0 Å². The molecule has 2 atom stereocenters. The molecule has 0 bridgehead atoms. The minimum absolute atomic E-state index is 0.0215. The van der Waals surface area contributed by atoms with Crippen molar-refractivity contribution in [3.63, 3.8) is 0 Å². The maximum Gasteiger partial charge on any atom is 0.154 e. The number of aliphatic hydroxyl groups is 2. The summed E-state index contributed by atoms with van der Waals surface area (Å²) in [5.41, 5.74) is 0.492. The van der Waals surface area contributed by atoms with Crippen LogP contribution in [0.3, 0.4) is 0 Å². The third-order valence-corrected chi connectivity index (χ3v) is 2.68. The molecule has 6 heteroatoms. The molecule has 0 aliphatic rings. The van der Waals surface area contributed by atoms with E-state index in [-0.39, 0.29) is 5.92 Å². The fourth-order valence-corrected chi connectivity index (χ4v) is 1.74. The van der Waals surface area contributed by atoms with E-state index in [1.807, 2.05) is 13.8 Å². The zero-order valence-corrected chi connectivity index (χ0v) is 9.93. The lowest BCUT2D eigenvalue weighted by Crippen LogP contribution is -2.25. The van der Waals surface area contributed by atoms with E-state index in [1.54, 1.807) is 7.05 Å². The van der Waals surface area contributed by atoms with Gasteiger partial charge in [-0.15, -0.1) is 5.10 Å². The van der Waals surface area contributed by atoms with Crippen molar-refractivity contribution in [1.82, 2.24) is 15.0 Å². The number of aryl methyl sites for hydroxylation is 1. The molecule has 0 fully saturated rings. The Kier molecular flexibility index (Phi) is 3.63. The van der Waals surface area contributed by atoms with Crippen molar-refractivity contribution in [1.29, 1.82) is 0 Å². The van der Waals surface area contributed by atoms with Crippen molar-refractivity contribution >= 4 is 15.9 Å². The Bertz CT molecular complexity index is 294. The van der Waals surface area contributed by atoms with E-state index in [1.165, 1.54) is 4.68 Å². The van der Waals surface area contributed by atoms with Crippen LogP contribution >= 0.6 is 15.9 Å². The highest BCUT2D eigenvalue weighted by molar-refractivity contribution is 9.10. The Morgan fingerprint density at radius 1 is 1.36 bits per heavy atom. The van der Waals surface area contributed by atoms with Gasteiger partial charge in [0.15, 0.2) is 4.60 Å². The second-order valence-corrected chi connectivity index (χ2v) is 4.32. The van der Waals surface area contributed by atoms with E-state index < -0.39 is 12.2 Å². The van der Waals surface area contributed by atoms with E-state index in [0.29, 0.717) is 10.3 Å². The molecule has 1 aromatic rings. The molecule has 2 N–H and O–H groups in total. The Morgan fingerprint density at radius 2 is 1.93 bits per heavy atom. The highest BCUT2D eigenvalue weighted by Gasteiger charge is 2.26. The predicted molar refractivity (Wildman–Crippen MR) is 54.5 cm³/mol. The summed E-state index contributed by atoms with van der Waals surface area (Å²) in [6, 6.07) is 0. The standard InChI is InChI=1S/C8H14BrN3O2/c1-4(2)6(13)7(14)5-8(9)10-11-12(5)3/h4,6-7,13-14H,1-3H3. The van der Waals surface area contributed by atoms with Crippen LogP contribution in [0, 0.1) is 5.92 Å². The summed E-state index contributed by atoms with van der Waals surface area (Å²) in [5, 5.41) is 27.0. The minimum atomic E-state index is -0.968. The summed E-state index contributed by atoms with van der Waals surface area (Å²) in [7, 11) is 1.67. The van der Waals surface area contributed by atoms with Crippen LogP contribution in [0.5, 0.6) is 0 Å². The Balaban J connectivity index is 2.94. The number of halogens is 1. The molecule has 5 nitrogen and oxygen atoms in total. The molecule has 0 saturated carbocycles. The molecule has 2 unspecified atom stereocenters. The normalized spacial score (nSPS) is 15.9. The van der Waals surface area contributed by atoms with E-state index in [4.69, 9.17) is 0 Å². The molecular weight excluding hydrogens is 250 g/mol. The average molecular weight is 264 g/mol. The molecular formula is C8H14BrN3O2. The van der Waals surface area contributed by atoms with Crippen LogP contribution < -0.4 is 0 Å². The molecule has 1 heterocycles. The zero-order valence-electron chi connectivity index (χ0n) is 8.35. The fourth-order valence-electron chi connectivity index (χ4n) is 1.18. The number of hydrogen-bond acceptors (Lipinski definition) is 4. The molecule has 1 rings (SSSR count). The number of aromatic nitrogens is 3. The van der Waals surface area contributed by atoms with E-state index in [9.17, 15) is 10.2 Å². The van der Waals surface area contributed by atoms with Gasteiger partial charge < -0.3 is 10.2 Å². The van der Waals surface area contributed by atoms with E-state index >= 15 is 0 Å². The lowest BCUT2D eigenvalue weighted by Gasteiger charge is -2.20. The van der Waals surface area contributed by atoms with Crippen LogP contribution in [0.1, 0.15) is 25.6 Å². The highest BCUT2D eigenvalue weighted by atomic mass is 79.9. The van der Waals surface area contributed by atoms with Crippen LogP contribution in [0.25, 0.3) is 0 Å². The molecule has 0 radical (unpaired) electrons. The van der Waals surface area contributed by atoms with Gasteiger partial charge in [0.1, 0.15) is 11.8 Å². The van der Waals surface area contributed by atoms with Crippen LogP contribution in [0.2, 0.25) is 0 Å². The second-order valence-electron chi connectivity index (χ2n) is 3.57. The summed E-state index contributed by atoms with van der Waals surface area (Å²) >= 11 is 3.17. The number of hydrogen-bond donors (Lipinski definition) is 2.